The second-order valence-electron chi connectivity index (χ2n) is 5.13. The molecular formula is C15H24N2O3. The molecule has 0 aromatic heterocycles. The molecule has 0 unspecified atom stereocenters. The van der Waals surface area contributed by atoms with Crippen LogP contribution in [0.5, 0.6) is 11.5 Å². The lowest BCUT2D eigenvalue weighted by Crippen LogP contribution is -2.49. The highest BCUT2D eigenvalue weighted by molar-refractivity contribution is 5.98. The van der Waals surface area contributed by atoms with Gasteiger partial charge in [-0.15, -0.1) is 0 Å². The number of benzene rings is 1. The normalized spacial score (nSPS) is 11.1. The van der Waals surface area contributed by atoms with E-state index in [9.17, 15) is 4.79 Å². The van der Waals surface area contributed by atoms with Gasteiger partial charge in [0, 0.05) is 11.8 Å². The number of methoxy groups -OCH3 is 2. The lowest BCUT2D eigenvalue weighted by molar-refractivity contribution is -0.121. The van der Waals surface area contributed by atoms with E-state index in [2.05, 4.69) is 10.6 Å². The molecule has 1 rings (SSSR count). The van der Waals surface area contributed by atoms with E-state index in [0.717, 1.165) is 17.8 Å². The van der Waals surface area contributed by atoms with E-state index in [4.69, 9.17) is 9.47 Å². The van der Waals surface area contributed by atoms with Gasteiger partial charge in [-0.2, -0.15) is 0 Å². The van der Waals surface area contributed by atoms with Crippen molar-refractivity contribution in [2.45, 2.75) is 33.2 Å². The molecule has 0 atom stereocenters. The molecule has 5 nitrogen and oxygen atoms in total. The monoisotopic (exact) mass is 280 g/mol. The van der Waals surface area contributed by atoms with Crippen molar-refractivity contribution < 1.29 is 14.3 Å². The van der Waals surface area contributed by atoms with Crippen LogP contribution >= 0.6 is 0 Å². The van der Waals surface area contributed by atoms with Crippen molar-refractivity contribution in [3.05, 3.63) is 17.7 Å². The van der Waals surface area contributed by atoms with Crippen molar-refractivity contribution >= 4 is 11.6 Å². The summed E-state index contributed by atoms with van der Waals surface area (Å²) in [5.41, 5.74) is 1.01. The summed E-state index contributed by atoms with van der Waals surface area (Å²) in [6.07, 6.45) is 0. The number of likely N-dealkylation sites (N-methyl/N-ethyl adjacent to an activating group) is 1. The van der Waals surface area contributed by atoms with Gasteiger partial charge in [0.15, 0.2) is 11.5 Å². The molecule has 20 heavy (non-hydrogen) atoms. The minimum absolute atomic E-state index is 0.0883. The third-order valence-electron chi connectivity index (χ3n) is 3.17. The summed E-state index contributed by atoms with van der Waals surface area (Å²) < 4.78 is 10.5. The molecule has 1 aromatic carbocycles. The molecule has 0 aliphatic heterocycles. The molecule has 0 heterocycles. The van der Waals surface area contributed by atoms with Crippen molar-refractivity contribution in [2.24, 2.45) is 0 Å². The van der Waals surface area contributed by atoms with E-state index in [0.29, 0.717) is 11.5 Å². The average molecular weight is 280 g/mol. The quantitative estimate of drug-likeness (QED) is 0.839. The van der Waals surface area contributed by atoms with Gasteiger partial charge >= 0.3 is 0 Å². The Bertz CT molecular complexity index is 484. The maximum atomic E-state index is 12.3. The first kappa shape index (κ1) is 16.3. The lowest BCUT2D eigenvalue weighted by atomic mass is 10.0. The van der Waals surface area contributed by atoms with Crippen LogP contribution in [-0.4, -0.2) is 32.2 Å². The summed E-state index contributed by atoms with van der Waals surface area (Å²) in [5.74, 6) is 1.15. The number of nitrogens with one attached hydrogen (secondary N) is 2. The predicted molar refractivity (Wildman–Crippen MR) is 80.7 cm³/mol. The second kappa shape index (κ2) is 6.61. The van der Waals surface area contributed by atoms with Crippen LogP contribution in [0.15, 0.2) is 12.1 Å². The van der Waals surface area contributed by atoms with Crippen molar-refractivity contribution in [3.63, 3.8) is 0 Å². The molecule has 0 fully saturated rings. The average Bonchev–Trinajstić information content (AvgIpc) is 2.40. The van der Waals surface area contributed by atoms with E-state index >= 15 is 0 Å². The molecule has 0 saturated heterocycles. The number of ether oxygens (including phenoxy) is 2. The van der Waals surface area contributed by atoms with Crippen LogP contribution in [-0.2, 0) is 4.79 Å². The Labute approximate surface area is 120 Å². The molecule has 5 heteroatoms. The Morgan fingerprint density at radius 2 is 1.75 bits per heavy atom. The highest BCUT2D eigenvalue weighted by Crippen LogP contribution is 2.33. The minimum Gasteiger partial charge on any atom is -0.493 e. The summed E-state index contributed by atoms with van der Waals surface area (Å²) in [4.78, 5) is 12.3. The van der Waals surface area contributed by atoms with Gasteiger partial charge in [-0.1, -0.05) is 6.92 Å². The molecule has 0 spiro atoms. The summed E-state index contributed by atoms with van der Waals surface area (Å²) >= 11 is 0. The van der Waals surface area contributed by atoms with Crippen LogP contribution in [0.1, 0.15) is 26.3 Å². The second-order valence-corrected chi connectivity index (χ2v) is 5.13. The highest BCUT2D eigenvalue weighted by Gasteiger charge is 2.26. The van der Waals surface area contributed by atoms with Crippen LogP contribution in [0.3, 0.4) is 0 Å². The van der Waals surface area contributed by atoms with E-state index < -0.39 is 5.54 Å². The van der Waals surface area contributed by atoms with E-state index in [1.165, 1.54) is 0 Å². The van der Waals surface area contributed by atoms with E-state index in [-0.39, 0.29) is 5.91 Å². The van der Waals surface area contributed by atoms with Crippen molar-refractivity contribution in [3.8, 4) is 11.5 Å². The maximum absolute atomic E-state index is 12.3. The Balaban J connectivity index is 3.01. The third-order valence-corrected chi connectivity index (χ3v) is 3.17. The van der Waals surface area contributed by atoms with Gasteiger partial charge in [0.05, 0.1) is 19.8 Å². The molecule has 1 aromatic rings. The molecule has 0 radical (unpaired) electrons. The number of aryl methyl sites for hydroxylation is 1. The number of hydrogen-bond acceptors (Lipinski definition) is 4. The maximum Gasteiger partial charge on any atom is 0.244 e. The van der Waals surface area contributed by atoms with Crippen LogP contribution in [0.25, 0.3) is 0 Å². The Kier molecular flexibility index (Phi) is 5.39. The van der Waals surface area contributed by atoms with Gasteiger partial charge in [0.1, 0.15) is 0 Å². The van der Waals surface area contributed by atoms with E-state index in [1.807, 2.05) is 33.8 Å². The Morgan fingerprint density at radius 3 is 2.25 bits per heavy atom. The Hall–Kier alpha value is -1.75. The van der Waals surface area contributed by atoms with Gasteiger partial charge in [-0.3, -0.25) is 4.79 Å². The van der Waals surface area contributed by atoms with Crippen LogP contribution in [0, 0.1) is 6.92 Å². The fourth-order valence-corrected chi connectivity index (χ4v) is 1.92. The topological polar surface area (TPSA) is 59.6 Å². The number of carbonyl (C=O) groups excluding carboxylic acids is 1. The van der Waals surface area contributed by atoms with E-state index in [1.54, 1.807) is 20.3 Å². The lowest BCUT2D eigenvalue weighted by Gasteiger charge is -2.25. The SMILES string of the molecule is CCNC(C)(C)C(=O)Nc1cc(OC)c(OC)cc1C. The predicted octanol–water partition coefficient (Wildman–Crippen LogP) is 2.34. The molecule has 0 saturated carbocycles. The first-order valence-electron chi connectivity index (χ1n) is 6.64. The van der Waals surface area contributed by atoms with Crippen molar-refractivity contribution in [2.75, 3.05) is 26.1 Å². The molecular weight excluding hydrogens is 256 g/mol. The van der Waals surface area contributed by atoms with Crippen LogP contribution in [0.4, 0.5) is 5.69 Å². The molecule has 0 aliphatic carbocycles. The van der Waals surface area contributed by atoms with Gasteiger partial charge in [-0.25, -0.2) is 0 Å². The first-order chi connectivity index (χ1) is 9.35. The smallest absolute Gasteiger partial charge is 0.244 e. The Morgan fingerprint density at radius 1 is 1.20 bits per heavy atom. The summed E-state index contributed by atoms with van der Waals surface area (Å²) in [6, 6.07) is 3.61. The molecule has 0 bridgehead atoms. The number of rotatable bonds is 6. The van der Waals surface area contributed by atoms with Gasteiger partial charge in [-0.05, 0) is 38.9 Å². The summed E-state index contributed by atoms with van der Waals surface area (Å²) in [7, 11) is 3.16. The fourth-order valence-electron chi connectivity index (χ4n) is 1.92. The third kappa shape index (κ3) is 3.63. The highest BCUT2D eigenvalue weighted by atomic mass is 16.5. The zero-order valence-electron chi connectivity index (χ0n) is 13.1. The number of anilines is 1. The molecule has 2 N–H and O–H groups in total. The van der Waals surface area contributed by atoms with Gasteiger partial charge in [0.2, 0.25) is 5.91 Å². The minimum atomic E-state index is -0.631. The zero-order chi connectivity index (χ0) is 15.3. The molecule has 1 amide bonds. The largest absolute Gasteiger partial charge is 0.493 e. The standard InChI is InChI=1S/C15H24N2O3/c1-7-16-15(3,4)14(18)17-11-9-13(20-6)12(19-5)8-10(11)2/h8-9,16H,7H2,1-6H3,(H,17,18). The van der Waals surface area contributed by atoms with Gasteiger partial charge in [0.25, 0.3) is 0 Å². The van der Waals surface area contributed by atoms with Crippen molar-refractivity contribution in [1.29, 1.82) is 0 Å². The molecule has 112 valence electrons. The van der Waals surface area contributed by atoms with Gasteiger partial charge < -0.3 is 20.1 Å². The van der Waals surface area contributed by atoms with Crippen LogP contribution < -0.4 is 20.1 Å². The fraction of sp³-hybridized carbons (Fsp3) is 0.533. The number of carbonyl (C=O) groups is 1. The zero-order valence-corrected chi connectivity index (χ0v) is 13.1. The summed E-state index contributed by atoms with van der Waals surface area (Å²) in [5, 5.41) is 6.07. The number of hydrogen-bond donors (Lipinski definition) is 2. The summed E-state index contributed by atoms with van der Waals surface area (Å²) in [6.45, 7) is 8.31. The van der Waals surface area contributed by atoms with Crippen molar-refractivity contribution in [1.82, 2.24) is 5.32 Å². The first-order valence-corrected chi connectivity index (χ1v) is 6.64. The number of amides is 1. The molecule has 0 aliphatic rings. The van der Waals surface area contributed by atoms with Crippen LogP contribution in [0.2, 0.25) is 0 Å².